The lowest BCUT2D eigenvalue weighted by Crippen LogP contribution is -2.46. The van der Waals surface area contributed by atoms with E-state index in [0.717, 1.165) is 13.0 Å². The highest BCUT2D eigenvalue weighted by Gasteiger charge is 2.15. The number of para-hydroxylation sites is 1. The lowest BCUT2D eigenvalue weighted by atomic mass is 10.1. The van der Waals surface area contributed by atoms with Gasteiger partial charge in [0.2, 0.25) is 0 Å². The van der Waals surface area contributed by atoms with Crippen LogP contribution in [0, 0.1) is 5.82 Å². The molecular weight excluding hydrogens is 343 g/mol. The van der Waals surface area contributed by atoms with Crippen LogP contribution in [-0.4, -0.2) is 31.0 Å². The van der Waals surface area contributed by atoms with E-state index >= 15 is 0 Å². The van der Waals surface area contributed by atoms with Crippen LogP contribution in [0.1, 0.15) is 25.8 Å². The first-order chi connectivity index (χ1) is 13.0. The summed E-state index contributed by atoms with van der Waals surface area (Å²) in [7, 11) is 1.83. The number of allylic oxidation sites excluding steroid dienone is 1. The number of nitrogens with zero attached hydrogens (tertiary/aromatic N) is 2. The van der Waals surface area contributed by atoms with Crippen molar-refractivity contribution < 1.29 is 9.13 Å². The molecule has 2 rings (SSSR count). The Morgan fingerprint density at radius 1 is 1.15 bits per heavy atom. The molecule has 27 heavy (non-hydrogen) atoms. The predicted octanol–water partition coefficient (Wildman–Crippen LogP) is 4.29. The zero-order valence-corrected chi connectivity index (χ0v) is 16.1. The number of aliphatic imine (C=N–C) groups is 1. The van der Waals surface area contributed by atoms with Crippen molar-refractivity contribution in [2.24, 2.45) is 4.99 Å². The van der Waals surface area contributed by atoms with Gasteiger partial charge < -0.3 is 10.2 Å². The molecule has 0 radical (unpaired) electrons. The Balaban J connectivity index is 2.17. The first-order valence-corrected chi connectivity index (χ1v) is 9.05. The molecule has 5 nitrogen and oxygen atoms in total. The fourth-order valence-corrected chi connectivity index (χ4v) is 2.45. The Morgan fingerprint density at radius 3 is 2.52 bits per heavy atom. The smallest absolute Gasteiger partial charge is 0.136 e. The fraction of sp³-hybridized carbons (Fsp3) is 0.286. The summed E-state index contributed by atoms with van der Waals surface area (Å²) in [6.45, 7) is 9.32. The number of hydrazine groups is 2. The van der Waals surface area contributed by atoms with Crippen molar-refractivity contribution in [2.45, 2.75) is 20.3 Å². The highest BCUT2D eigenvalue weighted by molar-refractivity contribution is 6.12. The third kappa shape index (κ3) is 6.20. The van der Waals surface area contributed by atoms with Gasteiger partial charge in [-0.3, -0.25) is 4.99 Å². The molecule has 0 aliphatic carbocycles. The van der Waals surface area contributed by atoms with Gasteiger partial charge in [-0.1, -0.05) is 31.7 Å². The molecule has 6 heteroatoms. The van der Waals surface area contributed by atoms with Crippen LogP contribution in [-0.2, 0) is 0 Å². The summed E-state index contributed by atoms with van der Waals surface area (Å²) in [6, 6.07) is 14.0. The van der Waals surface area contributed by atoms with Crippen molar-refractivity contribution in [1.29, 1.82) is 0 Å². The molecule has 0 saturated heterocycles. The molecular formula is C21H27FN4O. The van der Waals surface area contributed by atoms with Gasteiger partial charge in [-0.25, -0.2) is 9.82 Å². The van der Waals surface area contributed by atoms with Crippen molar-refractivity contribution >= 4 is 5.71 Å². The number of nitrogens with one attached hydrogen (secondary N) is 2. The molecule has 0 atom stereocenters. The first-order valence-electron chi connectivity index (χ1n) is 9.05. The fourth-order valence-electron chi connectivity index (χ4n) is 2.45. The van der Waals surface area contributed by atoms with Crippen LogP contribution in [0.25, 0.3) is 0 Å². The second-order valence-corrected chi connectivity index (χ2v) is 5.94. The molecule has 2 aromatic rings. The van der Waals surface area contributed by atoms with E-state index in [4.69, 9.17) is 4.74 Å². The van der Waals surface area contributed by atoms with Crippen LogP contribution in [0.2, 0.25) is 0 Å². The maximum atomic E-state index is 14.8. The van der Waals surface area contributed by atoms with E-state index < -0.39 is 5.82 Å². The summed E-state index contributed by atoms with van der Waals surface area (Å²) in [5.74, 6) is 0.670. The lowest BCUT2D eigenvalue weighted by Gasteiger charge is -2.22. The van der Waals surface area contributed by atoms with Crippen LogP contribution in [0.15, 0.2) is 65.8 Å². The summed E-state index contributed by atoms with van der Waals surface area (Å²) in [6.07, 6.45) is 0.992. The molecule has 0 aliphatic rings. The monoisotopic (exact) mass is 370 g/mol. The molecule has 0 aliphatic heterocycles. The van der Waals surface area contributed by atoms with Gasteiger partial charge in [-0.2, -0.15) is 5.12 Å². The number of rotatable bonds is 10. The van der Waals surface area contributed by atoms with Crippen molar-refractivity contribution in [3.05, 3.63) is 72.2 Å². The van der Waals surface area contributed by atoms with Crippen LogP contribution >= 0.6 is 0 Å². The number of benzene rings is 2. The Kier molecular flexibility index (Phi) is 7.98. The van der Waals surface area contributed by atoms with E-state index in [1.54, 1.807) is 17.3 Å². The second-order valence-electron chi connectivity index (χ2n) is 5.94. The number of hydrogen-bond donors (Lipinski definition) is 2. The van der Waals surface area contributed by atoms with E-state index in [1.165, 1.54) is 6.07 Å². The summed E-state index contributed by atoms with van der Waals surface area (Å²) in [5, 5.41) is 1.70. The molecule has 0 bridgehead atoms. The zero-order chi connectivity index (χ0) is 19.6. The normalized spacial score (nSPS) is 11.5. The van der Waals surface area contributed by atoms with Crippen molar-refractivity contribution in [3.63, 3.8) is 0 Å². The summed E-state index contributed by atoms with van der Waals surface area (Å²) < 4.78 is 20.5. The average Bonchev–Trinajstić information content (AvgIpc) is 2.66. The SMILES string of the molecule is C=C(NN(C)NCCC)C(=NCC)c1ccc(Oc2ccccc2)cc1F. The van der Waals surface area contributed by atoms with Gasteiger partial charge in [0.25, 0.3) is 0 Å². The average molecular weight is 370 g/mol. The van der Waals surface area contributed by atoms with Crippen LogP contribution in [0.4, 0.5) is 4.39 Å². The minimum atomic E-state index is -0.414. The van der Waals surface area contributed by atoms with E-state index in [9.17, 15) is 4.39 Å². The molecule has 0 aromatic heterocycles. The maximum Gasteiger partial charge on any atom is 0.136 e. The highest BCUT2D eigenvalue weighted by atomic mass is 19.1. The van der Waals surface area contributed by atoms with Crippen molar-refractivity contribution in [1.82, 2.24) is 16.0 Å². The topological polar surface area (TPSA) is 48.9 Å². The molecule has 0 heterocycles. The summed E-state index contributed by atoms with van der Waals surface area (Å²) in [4.78, 5) is 4.42. The van der Waals surface area contributed by atoms with Gasteiger partial charge >= 0.3 is 0 Å². The number of hydrogen-bond acceptors (Lipinski definition) is 5. The van der Waals surface area contributed by atoms with Gasteiger partial charge in [-0.05, 0) is 37.6 Å². The quantitative estimate of drug-likeness (QED) is 0.484. The molecule has 0 fully saturated rings. The minimum Gasteiger partial charge on any atom is -0.457 e. The number of ether oxygens (including phenoxy) is 1. The third-order valence-corrected chi connectivity index (χ3v) is 3.68. The van der Waals surface area contributed by atoms with Crippen LogP contribution < -0.4 is 15.6 Å². The van der Waals surface area contributed by atoms with Crippen LogP contribution in [0.3, 0.4) is 0 Å². The van der Waals surface area contributed by atoms with E-state index in [0.29, 0.717) is 35.0 Å². The lowest BCUT2D eigenvalue weighted by molar-refractivity contribution is 0.181. The minimum absolute atomic E-state index is 0.374. The summed E-state index contributed by atoms with van der Waals surface area (Å²) in [5.41, 5.74) is 7.60. The Hall–Kier alpha value is -2.70. The highest BCUT2D eigenvalue weighted by Crippen LogP contribution is 2.24. The predicted molar refractivity (Wildman–Crippen MR) is 108 cm³/mol. The van der Waals surface area contributed by atoms with Gasteiger partial charge in [-0.15, -0.1) is 0 Å². The van der Waals surface area contributed by atoms with E-state index in [1.807, 2.05) is 44.3 Å². The Bertz CT molecular complexity index is 777. The van der Waals surface area contributed by atoms with Crippen LogP contribution in [0.5, 0.6) is 11.5 Å². The van der Waals surface area contributed by atoms with E-state index in [-0.39, 0.29) is 0 Å². The van der Waals surface area contributed by atoms with Gasteiger partial charge in [0.05, 0.1) is 11.4 Å². The van der Waals surface area contributed by atoms with Gasteiger partial charge in [0, 0.05) is 31.8 Å². The van der Waals surface area contributed by atoms with Gasteiger partial charge in [0.15, 0.2) is 0 Å². The third-order valence-electron chi connectivity index (χ3n) is 3.68. The molecule has 2 N–H and O–H groups in total. The molecule has 0 amide bonds. The zero-order valence-electron chi connectivity index (χ0n) is 16.1. The molecule has 144 valence electrons. The molecule has 2 aromatic carbocycles. The second kappa shape index (κ2) is 10.4. The maximum absolute atomic E-state index is 14.8. The van der Waals surface area contributed by atoms with Crippen molar-refractivity contribution in [3.8, 4) is 11.5 Å². The summed E-state index contributed by atoms with van der Waals surface area (Å²) >= 11 is 0. The largest absolute Gasteiger partial charge is 0.457 e. The Labute approximate surface area is 160 Å². The standard InChI is InChI=1S/C21H27FN4O/c1-5-14-24-26(4)25-16(3)21(23-6-2)19-13-12-18(15-20(19)22)27-17-10-8-7-9-11-17/h7-13,15,24-25H,3,5-6,14H2,1-2,4H3. The Morgan fingerprint density at radius 2 is 1.89 bits per heavy atom. The molecule has 0 unspecified atom stereocenters. The number of halogens is 1. The van der Waals surface area contributed by atoms with Gasteiger partial charge in [0.1, 0.15) is 17.3 Å². The molecule has 0 spiro atoms. The van der Waals surface area contributed by atoms with Crippen molar-refractivity contribution in [2.75, 3.05) is 20.1 Å². The first kappa shape index (κ1) is 20.6. The van der Waals surface area contributed by atoms with E-state index in [2.05, 4.69) is 29.3 Å². The molecule has 0 saturated carbocycles.